The van der Waals surface area contributed by atoms with E-state index in [1.54, 1.807) is 18.2 Å². The van der Waals surface area contributed by atoms with E-state index in [4.69, 9.17) is 5.11 Å². The van der Waals surface area contributed by atoms with Crippen molar-refractivity contribution in [3.05, 3.63) is 52.3 Å². The van der Waals surface area contributed by atoms with E-state index in [2.05, 4.69) is 10.00 Å². The molecule has 2 aromatic rings. The Morgan fingerprint density at radius 2 is 1.71 bits per heavy atom. The van der Waals surface area contributed by atoms with Crippen molar-refractivity contribution >= 4 is 11.8 Å². The summed E-state index contributed by atoms with van der Waals surface area (Å²) in [5, 5.41) is 13.3. The maximum Gasteiger partial charge on any atom is 0.335 e. The third-order valence-electron chi connectivity index (χ3n) is 3.58. The number of aromatic carboxylic acids is 1. The van der Waals surface area contributed by atoms with Crippen molar-refractivity contribution in [2.45, 2.75) is 12.8 Å². The molecule has 6 nitrogen and oxygen atoms in total. The van der Waals surface area contributed by atoms with E-state index < -0.39 is 5.97 Å². The number of carboxylic acid groups (broad SMARTS) is 1. The zero-order valence-corrected chi connectivity index (χ0v) is 11.4. The minimum absolute atomic E-state index is 0.183. The number of anilines is 1. The highest BCUT2D eigenvalue weighted by Gasteiger charge is 2.15. The fourth-order valence-electron chi connectivity index (χ4n) is 2.45. The highest BCUT2D eigenvalue weighted by Crippen LogP contribution is 2.17. The van der Waals surface area contributed by atoms with E-state index in [1.165, 1.54) is 22.9 Å². The van der Waals surface area contributed by atoms with Gasteiger partial charge >= 0.3 is 5.97 Å². The van der Waals surface area contributed by atoms with Gasteiger partial charge in [-0.05, 0) is 43.2 Å². The van der Waals surface area contributed by atoms with Gasteiger partial charge < -0.3 is 10.0 Å². The van der Waals surface area contributed by atoms with Gasteiger partial charge in [-0.25, -0.2) is 4.79 Å². The topological polar surface area (TPSA) is 75.4 Å². The minimum Gasteiger partial charge on any atom is -0.478 e. The molecule has 3 rings (SSSR count). The normalized spacial score (nSPS) is 14.4. The second-order valence-corrected chi connectivity index (χ2v) is 4.99. The predicted molar refractivity (Wildman–Crippen MR) is 78.2 cm³/mol. The van der Waals surface area contributed by atoms with Crippen LogP contribution in [0.25, 0.3) is 5.69 Å². The molecule has 1 N–H and O–H groups in total. The first-order valence-electron chi connectivity index (χ1n) is 6.84. The van der Waals surface area contributed by atoms with Crippen LogP contribution in [-0.4, -0.2) is 33.9 Å². The zero-order valence-electron chi connectivity index (χ0n) is 11.4. The lowest BCUT2D eigenvalue weighted by Gasteiger charge is -2.17. The summed E-state index contributed by atoms with van der Waals surface area (Å²) in [5.41, 5.74) is 0.509. The van der Waals surface area contributed by atoms with E-state index in [1.807, 2.05) is 0 Å². The smallest absolute Gasteiger partial charge is 0.335 e. The lowest BCUT2D eigenvalue weighted by atomic mass is 10.2. The van der Waals surface area contributed by atoms with Gasteiger partial charge in [-0.1, -0.05) is 0 Å². The Kier molecular flexibility index (Phi) is 3.43. The molecular formula is C15H15N3O3. The monoisotopic (exact) mass is 285 g/mol. The average molecular weight is 285 g/mol. The van der Waals surface area contributed by atoms with Gasteiger partial charge in [-0.3, -0.25) is 4.79 Å². The molecule has 2 heterocycles. The number of aromatic nitrogens is 2. The summed E-state index contributed by atoms with van der Waals surface area (Å²) in [6.45, 7) is 1.90. The Labute approximate surface area is 121 Å². The molecule has 1 aliphatic heterocycles. The lowest BCUT2D eigenvalue weighted by molar-refractivity contribution is 0.0697. The summed E-state index contributed by atoms with van der Waals surface area (Å²) in [7, 11) is 0. The molecule has 21 heavy (non-hydrogen) atoms. The van der Waals surface area contributed by atoms with E-state index in [0.717, 1.165) is 31.7 Å². The van der Waals surface area contributed by atoms with Gasteiger partial charge in [-0.15, -0.1) is 5.10 Å². The van der Waals surface area contributed by atoms with Crippen molar-refractivity contribution in [1.82, 2.24) is 9.78 Å². The van der Waals surface area contributed by atoms with Crippen LogP contribution >= 0.6 is 0 Å². The molecule has 1 saturated heterocycles. The zero-order chi connectivity index (χ0) is 14.8. The summed E-state index contributed by atoms with van der Waals surface area (Å²) < 4.78 is 1.30. The van der Waals surface area contributed by atoms with Gasteiger partial charge in [0, 0.05) is 19.2 Å². The molecule has 0 radical (unpaired) electrons. The molecule has 0 aliphatic carbocycles. The van der Waals surface area contributed by atoms with Crippen molar-refractivity contribution in [3.8, 4) is 5.69 Å². The van der Waals surface area contributed by atoms with Crippen LogP contribution in [-0.2, 0) is 0 Å². The Morgan fingerprint density at radius 3 is 2.33 bits per heavy atom. The number of rotatable bonds is 3. The number of carbonyl (C=O) groups is 1. The van der Waals surface area contributed by atoms with Crippen LogP contribution in [0.15, 0.2) is 41.2 Å². The Morgan fingerprint density at radius 1 is 1.05 bits per heavy atom. The summed E-state index contributed by atoms with van der Waals surface area (Å²) >= 11 is 0. The first-order chi connectivity index (χ1) is 10.1. The van der Waals surface area contributed by atoms with Crippen molar-refractivity contribution in [1.29, 1.82) is 0 Å². The largest absolute Gasteiger partial charge is 0.478 e. The quantitative estimate of drug-likeness (QED) is 0.925. The molecule has 0 bridgehead atoms. The minimum atomic E-state index is -0.993. The molecule has 1 aliphatic rings. The summed E-state index contributed by atoms with van der Waals surface area (Å²) in [4.78, 5) is 25.0. The summed E-state index contributed by atoms with van der Waals surface area (Å²) in [6.07, 6.45) is 2.27. The summed E-state index contributed by atoms with van der Waals surface area (Å²) in [6, 6.07) is 9.33. The molecule has 0 saturated carbocycles. The first-order valence-corrected chi connectivity index (χ1v) is 6.84. The Balaban J connectivity index is 1.98. The van der Waals surface area contributed by atoms with E-state index in [0.29, 0.717) is 5.69 Å². The lowest BCUT2D eigenvalue weighted by Crippen LogP contribution is -2.26. The third-order valence-corrected chi connectivity index (χ3v) is 3.58. The predicted octanol–water partition coefficient (Wildman–Crippen LogP) is 1.53. The fraction of sp³-hybridized carbons (Fsp3) is 0.267. The number of nitrogens with zero attached hydrogens (tertiary/aromatic N) is 3. The van der Waals surface area contributed by atoms with Crippen LogP contribution in [0, 0.1) is 0 Å². The molecule has 0 amide bonds. The van der Waals surface area contributed by atoms with E-state index in [9.17, 15) is 9.59 Å². The van der Waals surface area contributed by atoms with Crippen LogP contribution < -0.4 is 10.5 Å². The van der Waals surface area contributed by atoms with Crippen molar-refractivity contribution in [2.75, 3.05) is 18.0 Å². The maximum absolute atomic E-state index is 12.0. The van der Waals surface area contributed by atoms with Gasteiger partial charge in [-0.2, -0.15) is 4.68 Å². The number of benzene rings is 1. The fourth-order valence-corrected chi connectivity index (χ4v) is 2.45. The number of hydrogen-bond acceptors (Lipinski definition) is 4. The molecule has 1 fully saturated rings. The van der Waals surface area contributed by atoms with Crippen LogP contribution in [0.3, 0.4) is 0 Å². The highest BCUT2D eigenvalue weighted by molar-refractivity contribution is 5.87. The highest BCUT2D eigenvalue weighted by atomic mass is 16.4. The standard InChI is InChI=1S/C15H15N3O3/c19-14-8-7-13(17-9-1-2-10-17)16-18(14)12-5-3-11(4-6-12)15(20)21/h3-8H,1-2,9-10H2,(H,20,21). The van der Waals surface area contributed by atoms with Crippen LogP contribution in [0.4, 0.5) is 5.82 Å². The van der Waals surface area contributed by atoms with E-state index in [-0.39, 0.29) is 11.1 Å². The number of hydrogen-bond donors (Lipinski definition) is 1. The molecule has 6 heteroatoms. The van der Waals surface area contributed by atoms with Crippen LogP contribution in [0.2, 0.25) is 0 Å². The average Bonchev–Trinajstić information content (AvgIpc) is 3.02. The van der Waals surface area contributed by atoms with Gasteiger partial charge in [0.05, 0.1) is 11.3 Å². The van der Waals surface area contributed by atoms with Crippen LogP contribution in [0.5, 0.6) is 0 Å². The molecular weight excluding hydrogens is 270 g/mol. The van der Waals surface area contributed by atoms with Crippen LogP contribution in [0.1, 0.15) is 23.2 Å². The molecule has 0 unspecified atom stereocenters. The van der Waals surface area contributed by atoms with Gasteiger partial charge in [0.2, 0.25) is 0 Å². The van der Waals surface area contributed by atoms with Gasteiger partial charge in [0.25, 0.3) is 5.56 Å². The number of carboxylic acids is 1. The van der Waals surface area contributed by atoms with Crippen molar-refractivity contribution in [2.24, 2.45) is 0 Å². The van der Waals surface area contributed by atoms with E-state index >= 15 is 0 Å². The first kappa shape index (κ1) is 13.4. The molecule has 1 aromatic carbocycles. The Hall–Kier alpha value is -2.63. The van der Waals surface area contributed by atoms with Gasteiger partial charge in [0.15, 0.2) is 0 Å². The molecule has 108 valence electrons. The van der Waals surface area contributed by atoms with Crippen molar-refractivity contribution < 1.29 is 9.90 Å². The second-order valence-electron chi connectivity index (χ2n) is 4.99. The summed E-state index contributed by atoms with van der Waals surface area (Å²) in [5.74, 6) is -0.220. The molecule has 1 aromatic heterocycles. The molecule has 0 atom stereocenters. The SMILES string of the molecule is O=C(O)c1ccc(-n2nc(N3CCCC3)ccc2=O)cc1. The third kappa shape index (κ3) is 2.65. The Bertz CT molecular complexity index is 716. The maximum atomic E-state index is 12.0. The molecule has 0 spiro atoms. The van der Waals surface area contributed by atoms with Crippen molar-refractivity contribution in [3.63, 3.8) is 0 Å². The van der Waals surface area contributed by atoms with Gasteiger partial charge in [0.1, 0.15) is 5.82 Å². The second kappa shape index (κ2) is 5.40.